The van der Waals surface area contributed by atoms with Gasteiger partial charge in [0.2, 0.25) is 11.8 Å². The maximum atomic E-state index is 5.21. The summed E-state index contributed by atoms with van der Waals surface area (Å²) in [5.41, 5.74) is 2.42. The van der Waals surface area contributed by atoms with E-state index < -0.39 is 0 Å². The molecule has 6 nitrogen and oxygen atoms in total. The van der Waals surface area contributed by atoms with Crippen LogP contribution in [0.1, 0.15) is 24.1 Å². The van der Waals surface area contributed by atoms with Crippen molar-refractivity contribution in [1.82, 2.24) is 19.9 Å². The molecule has 2 aromatic rings. The highest BCUT2D eigenvalue weighted by Crippen LogP contribution is 2.21. The van der Waals surface area contributed by atoms with Crippen LogP contribution in [0.5, 0.6) is 5.88 Å². The predicted molar refractivity (Wildman–Crippen MR) is 94.3 cm³/mol. The molecule has 1 aliphatic heterocycles. The highest BCUT2D eigenvalue weighted by atomic mass is 16.5. The zero-order valence-corrected chi connectivity index (χ0v) is 14.6. The minimum absolute atomic E-state index is 0.398. The fourth-order valence-electron chi connectivity index (χ4n) is 3.17. The second-order valence-corrected chi connectivity index (χ2v) is 6.31. The summed E-state index contributed by atoms with van der Waals surface area (Å²) in [4.78, 5) is 18.0. The third kappa shape index (κ3) is 3.82. The van der Waals surface area contributed by atoms with Gasteiger partial charge in [-0.2, -0.15) is 4.98 Å². The second kappa shape index (κ2) is 7.57. The van der Waals surface area contributed by atoms with Crippen LogP contribution in [-0.2, 0) is 6.54 Å². The maximum Gasteiger partial charge on any atom is 0.228 e. The Hall–Kier alpha value is -2.21. The molecule has 1 unspecified atom stereocenters. The Kier molecular flexibility index (Phi) is 5.25. The molecule has 3 rings (SSSR count). The van der Waals surface area contributed by atoms with Crippen molar-refractivity contribution in [3.05, 3.63) is 41.9 Å². The Bertz CT molecular complexity index is 678. The quantitative estimate of drug-likeness (QED) is 0.840. The van der Waals surface area contributed by atoms with Gasteiger partial charge in [0.1, 0.15) is 0 Å². The molecule has 24 heavy (non-hydrogen) atoms. The molecule has 2 aromatic heterocycles. The molecule has 0 spiro atoms. The number of piperidine rings is 1. The maximum absolute atomic E-state index is 5.21. The lowest BCUT2D eigenvalue weighted by Crippen LogP contribution is -2.46. The number of anilines is 1. The fourth-order valence-corrected chi connectivity index (χ4v) is 3.17. The van der Waals surface area contributed by atoms with E-state index in [0.717, 1.165) is 32.0 Å². The number of ether oxygens (including phenoxy) is 1. The van der Waals surface area contributed by atoms with Crippen LogP contribution in [0.15, 0.2) is 30.6 Å². The average Bonchev–Trinajstić information content (AvgIpc) is 2.63. The topological polar surface area (TPSA) is 54.4 Å². The number of methoxy groups -OCH3 is 1. The van der Waals surface area contributed by atoms with E-state index in [1.165, 1.54) is 17.7 Å². The standard InChI is InChI=1S/C18H25N5O/c1-14-6-4-9-19-16(14)13-23-11-5-7-15(12-23)22(2)18-20-10-8-17(21-18)24-3/h4,6,8-10,15H,5,7,11-13H2,1-3H3. The summed E-state index contributed by atoms with van der Waals surface area (Å²) in [5, 5.41) is 0. The van der Waals surface area contributed by atoms with Crippen molar-refractivity contribution in [1.29, 1.82) is 0 Å². The lowest BCUT2D eigenvalue weighted by Gasteiger charge is -2.37. The minimum Gasteiger partial charge on any atom is -0.481 e. The van der Waals surface area contributed by atoms with Crippen molar-refractivity contribution < 1.29 is 4.74 Å². The Morgan fingerprint density at radius 1 is 1.29 bits per heavy atom. The largest absolute Gasteiger partial charge is 0.481 e. The van der Waals surface area contributed by atoms with Crippen molar-refractivity contribution in [3.8, 4) is 5.88 Å². The van der Waals surface area contributed by atoms with Crippen LogP contribution in [0.3, 0.4) is 0 Å². The number of hydrogen-bond acceptors (Lipinski definition) is 6. The van der Waals surface area contributed by atoms with Crippen LogP contribution in [0, 0.1) is 6.92 Å². The first-order valence-corrected chi connectivity index (χ1v) is 8.40. The molecule has 0 aliphatic carbocycles. The van der Waals surface area contributed by atoms with E-state index >= 15 is 0 Å². The molecule has 0 aromatic carbocycles. The van der Waals surface area contributed by atoms with Gasteiger partial charge in [-0.15, -0.1) is 0 Å². The monoisotopic (exact) mass is 327 g/mol. The lowest BCUT2D eigenvalue weighted by atomic mass is 10.0. The third-order valence-corrected chi connectivity index (χ3v) is 4.66. The van der Waals surface area contributed by atoms with Crippen LogP contribution < -0.4 is 9.64 Å². The van der Waals surface area contributed by atoms with Gasteiger partial charge in [-0.25, -0.2) is 4.98 Å². The molecule has 3 heterocycles. The highest BCUT2D eigenvalue weighted by Gasteiger charge is 2.25. The van der Waals surface area contributed by atoms with Crippen molar-refractivity contribution in [3.63, 3.8) is 0 Å². The average molecular weight is 327 g/mol. The molecule has 1 aliphatic rings. The van der Waals surface area contributed by atoms with Crippen LogP contribution in [0.4, 0.5) is 5.95 Å². The number of likely N-dealkylation sites (N-methyl/N-ethyl adjacent to an activating group) is 1. The molecular formula is C18H25N5O. The van der Waals surface area contributed by atoms with E-state index in [2.05, 4.69) is 44.8 Å². The van der Waals surface area contributed by atoms with Gasteiger partial charge in [-0.3, -0.25) is 9.88 Å². The number of aryl methyl sites for hydroxylation is 1. The number of nitrogens with zero attached hydrogens (tertiary/aromatic N) is 5. The number of rotatable bonds is 5. The molecule has 1 atom stereocenters. The van der Waals surface area contributed by atoms with Crippen molar-refractivity contribution in [2.45, 2.75) is 32.4 Å². The Morgan fingerprint density at radius 3 is 2.96 bits per heavy atom. The van der Waals surface area contributed by atoms with Crippen LogP contribution in [0.2, 0.25) is 0 Å². The number of likely N-dealkylation sites (tertiary alicyclic amines) is 1. The summed E-state index contributed by atoms with van der Waals surface area (Å²) in [5.74, 6) is 1.32. The Morgan fingerprint density at radius 2 is 2.17 bits per heavy atom. The van der Waals surface area contributed by atoms with E-state index in [-0.39, 0.29) is 0 Å². The second-order valence-electron chi connectivity index (χ2n) is 6.31. The van der Waals surface area contributed by atoms with Gasteiger partial charge >= 0.3 is 0 Å². The summed E-state index contributed by atoms with van der Waals surface area (Å²) in [6.07, 6.45) is 5.94. The molecular weight excluding hydrogens is 302 g/mol. The number of aromatic nitrogens is 3. The van der Waals surface area contributed by atoms with Crippen LogP contribution >= 0.6 is 0 Å². The van der Waals surface area contributed by atoms with Gasteiger partial charge in [0.05, 0.1) is 12.8 Å². The minimum atomic E-state index is 0.398. The smallest absolute Gasteiger partial charge is 0.228 e. The van der Waals surface area contributed by atoms with Crippen LogP contribution in [-0.4, -0.2) is 53.1 Å². The van der Waals surface area contributed by atoms with Crippen LogP contribution in [0.25, 0.3) is 0 Å². The Labute approximate surface area is 143 Å². The summed E-state index contributed by atoms with van der Waals surface area (Å²) < 4.78 is 5.21. The SMILES string of the molecule is COc1ccnc(N(C)C2CCCN(Cc3ncccc3C)C2)n1. The molecule has 0 N–H and O–H groups in total. The molecule has 0 amide bonds. The third-order valence-electron chi connectivity index (χ3n) is 4.66. The van der Waals surface area contributed by atoms with E-state index in [0.29, 0.717) is 11.9 Å². The molecule has 128 valence electrons. The summed E-state index contributed by atoms with van der Waals surface area (Å²) in [6.45, 7) is 5.13. The molecule has 1 saturated heterocycles. The first kappa shape index (κ1) is 16.6. The zero-order chi connectivity index (χ0) is 16.9. The molecule has 1 fully saturated rings. The van der Waals surface area contributed by atoms with Gasteiger partial charge < -0.3 is 9.64 Å². The first-order valence-electron chi connectivity index (χ1n) is 8.40. The van der Waals surface area contributed by atoms with Crippen molar-refractivity contribution >= 4 is 5.95 Å². The first-order chi connectivity index (χ1) is 11.7. The predicted octanol–water partition coefficient (Wildman–Crippen LogP) is 2.29. The summed E-state index contributed by atoms with van der Waals surface area (Å²) >= 11 is 0. The lowest BCUT2D eigenvalue weighted by molar-refractivity contribution is 0.195. The van der Waals surface area contributed by atoms with E-state index in [1.807, 2.05) is 12.3 Å². The fraction of sp³-hybridized carbons (Fsp3) is 0.500. The van der Waals surface area contributed by atoms with Gasteiger partial charge in [0, 0.05) is 44.6 Å². The van der Waals surface area contributed by atoms with Gasteiger partial charge in [0.25, 0.3) is 0 Å². The molecule has 6 heteroatoms. The Balaban J connectivity index is 1.67. The summed E-state index contributed by atoms with van der Waals surface area (Å²) in [7, 11) is 3.69. The molecule has 0 radical (unpaired) electrons. The number of pyridine rings is 1. The van der Waals surface area contributed by atoms with Gasteiger partial charge in [-0.05, 0) is 37.9 Å². The van der Waals surface area contributed by atoms with Crippen molar-refractivity contribution in [2.75, 3.05) is 32.1 Å². The van der Waals surface area contributed by atoms with E-state index in [9.17, 15) is 0 Å². The summed E-state index contributed by atoms with van der Waals surface area (Å²) in [6, 6.07) is 6.29. The normalized spacial score (nSPS) is 18.4. The van der Waals surface area contributed by atoms with E-state index in [4.69, 9.17) is 4.74 Å². The zero-order valence-electron chi connectivity index (χ0n) is 14.6. The molecule has 0 bridgehead atoms. The number of hydrogen-bond donors (Lipinski definition) is 0. The van der Waals surface area contributed by atoms with Gasteiger partial charge in [0.15, 0.2) is 0 Å². The van der Waals surface area contributed by atoms with Gasteiger partial charge in [-0.1, -0.05) is 6.07 Å². The highest BCUT2D eigenvalue weighted by molar-refractivity contribution is 5.32. The van der Waals surface area contributed by atoms with Crippen molar-refractivity contribution in [2.24, 2.45) is 0 Å². The van der Waals surface area contributed by atoms with E-state index in [1.54, 1.807) is 19.4 Å². The molecule has 0 saturated carbocycles.